The van der Waals surface area contributed by atoms with Gasteiger partial charge in [0, 0.05) is 52.0 Å². The summed E-state index contributed by atoms with van der Waals surface area (Å²) in [7, 11) is 3.70. The summed E-state index contributed by atoms with van der Waals surface area (Å²) in [5, 5.41) is 7.75. The van der Waals surface area contributed by atoms with Gasteiger partial charge in [0.25, 0.3) is 0 Å². The molecule has 0 aliphatic carbocycles. The summed E-state index contributed by atoms with van der Waals surface area (Å²) >= 11 is 0. The number of hydrogen-bond acceptors (Lipinski definition) is 4. The van der Waals surface area contributed by atoms with Gasteiger partial charge >= 0.3 is 0 Å². The Morgan fingerprint density at radius 2 is 2.47 bits per heavy atom. The summed E-state index contributed by atoms with van der Waals surface area (Å²) in [6, 6.07) is 0. The average Bonchev–Trinajstić information content (AvgIpc) is 2.88. The third-order valence-corrected chi connectivity index (χ3v) is 3.38. The van der Waals surface area contributed by atoms with Gasteiger partial charge in [-0.15, -0.1) is 0 Å². The largest absolute Gasteiger partial charge is 0.378 e. The van der Waals surface area contributed by atoms with Gasteiger partial charge in [0.15, 0.2) is 0 Å². The van der Waals surface area contributed by atoms with Crippen LogP contribution in [0.5, 0.6) is 0 Å². The van der Waals surface area contributed by atoms with E-state index in [0.29, 0.717) is 6.61 Å². The van der Waals surface area contributed by atoms with Crippen LogP contribution in [0.1, 0.15) is 17.7 Å². The average molecular weight is 239 g/mol. The van der Waals surface area contributed by atoms with Gasteiger partial charge in [0.05, 0.1) is 12.3 Å². The molecule has 2 heterocycles. The van der Waals surface area contributed by atoms with Crippen LogP contribution in [0.15, 0.2) is 6.20 Å². The first kappa shape index (κ1) is 12.5. The Hall–Kier alpha value is -0.910. The van der Waals surface area contributed by atoms with Crippen molar-refractivity contribution in [3.63, 3.8) is 0 Å². The van der Waals surface area contributed by atoms with E-state index in [9.17, 15) is 0 Å². The number of ether oxygens (including phenoxy) is 2. The molecule has 1 aliphatic heterocycles. The highest BCUT2D eigenvalue weighted by atomic mass is 16.5. The SMILES string of the molecule is COC1(CNCc2cn(C)nc2C)CCOC1. The Balaban J connectivity index is 1.84. The van der Waals surface area contributed by atoms with Crippen molar-refractivity contribution in [3.05, 3.63) is 17.5 Å². The Bertz CT molecular complexity index is 370. The summed E-state index contributed by atoms with van der Waals surface area (Å²) in [4.78, 5) is 0. The molecule has 0 amide bonds. The summed E-state index contributed by atoms with van der Waals surface area (Å²) in [6.45, 7) is 5.15. The van der Waals surface area contributed by atoms with Crippen molar-refractivity contribution in [2.45, 2.75) is 25.5 Å². The summed E-state index contributed by atoms with van der Waals surface area (Å²) in [6.07, 6.45) is 3.01. The van der Waals surface area contributed by atoms with Crippen molar-refractivity contribution in [1.82, 2.24) is 15.1 Å². The molecule has 2 rings (SSSR count). The highest BCUT2D eigenvalue weighted by Crippen LogP contribution is 2.21. The quantitative estimate of drug-likeness (QED) is 0.818. The second-order valence-electron chi connectivity index (χ2n) is 4.71. The topological polar surface area (TPSA) is 48.3 Å². The Morgan fingerprint density at radius 3 is 3.00 bits per heavy atom. The van der Waals surface area contributed by atoms with Crippen LogP contribution in [0.4, 0.5) is 0 Å². The Morgan fingerprint density at radius 1 is 1.65 bits per heavy atom. The van der Waals surface area contributed by atoms with E-state index in [2.05, 4.69) is 10.4 Å². The maximum atomic E-state index is 5.56. The normalized spacial score (nSPS) is 24.4. The fourth-order valence-corrected chi connectivity index (χ4v) is 2.21. The van der Waals surface area contributed by atoms with E-state index in [4.69, 9.17) is 9.47 Å². The van der Waals surface area contributed by atoms with Gasteiger partial charge < -0.3 is 14.8 Å². The maximum Gasteiger partial charge on any atom is 0.106 e. The lowest BCUT2D eigenvalue weighted by atomic mass is 10.0. The molecular weight excluding hydrogens is 218 g/mol. The predicted molar refractivity (Wildman–Crippen MR) is 64.8 cm³/mol. The molecule has 0 radical (unpaired) electrons. The van der Waals surface area contributed by atoms with E-state index >= 15 is 0 Å². The molecule has 1 unspecified atom stereocenters. The third kappa shape index (κ3) is 2.86. The minimum Gasteiger partial charge on any atom is -0.378 e. The lowest BCUT2D eigenvalue weighted by Gasteiger charge is -2.25. The number of nitrogens with one attached hydrogen (secondary N) is 1. The van der Waals surface area contributed by atoms with Gasteiger partial charge in [-0.1, -0.05) is 0 Å². The van der Waals surface area contributed by atoms with E-state index < -0.39 is 0 Å². The molecule has 0 bridgehead atoms. The van der Waals surface area contributed by atoms with E-state index in [0.717, 1.165) is 31.8 Å². The molecule has 96 valence electrons. The molecule has 17 heavy (non-hydrogen) atoms. The molecule has 5 nitrogen and oxygen atoms in total. The van der Waals surface area contributed by atoms with Crippen LogP contribution >= 0.6 is 0 Å². The van der Waals surface area contributed by atoms with Crippen LogP contribution in [0.25, 0.3) is 0 Å². The fraction of sp³-hybridized carbons (Fsp3) is 0.750. The number of hydrogen-bond donors (Lipinski definition) is 1. The molecule has 1 aromatic heterocycles. The van der Waals surface area contributed by atoms with Crippen LogP contribution in [-0.2, 0) is 23.1 Å². The first-order valence-corrected chi connectivity index (χ1v) is 5.98. The van der Waals surface area contributed by atoms with Gasteiger partial charge in [-0.05, 0) is 6.92 Å². The van der Waals surface area contributed by atoms with Crippen LogP contribution in [-0.4, -0.2) is 42.2 Å². The fourth-order valence-electron chi connectivity index (χ4n) is 2.21. The third-order valence-electron chi connectivity index (χ3n) is 3.38. The minimum absolute atomic E-state index is 0.143. The highest BCUT2D eigenvalue weighted by Gasteiger charge is 2.34. The van der Waals surface area contributed by atoms with Crippen LogP contribution < -0.4 is 5.32 Å². The lowest BCUT2D eigenvalue weighted by Crippen LogP contribution is -2.42. The van der Waals surface area contributed by atoms with Crippen molar-refractivity contribution < 1.29 is 9.47 Å². The molecule has 5 heteroatoms. The molecule has 0 aromatic carbocycles. The van der Waals surface area contributed by atoms with Gasteiger partial charge in [-0.25, -0.2) is 0 Å². The minimum atomic E-state index is -0.143. The van der Waals surface area contributed by atoms with E-state index in [1.807, 2.05) is 24.9 Å². The van der Waals surface area contributed by atoms with E-state index in [-0.39, 0.29) is 5.60 Å². The van der Waals surface area contributed by atoms with Crippen LogP contribution in [0.2, 0.25) is 0 Å². The number of aromatic nitrogens is 2. The molecule has 1 saturated heterocycles. The van der Waals surface area contributed by atoms with Crippen molar-refractivity contribution in [1.29, 1.82) is 0 Å². The molecule has 1 fully saturated rings. The Kier molecular flexibility index (Phi) is 3.81. The molecule has 1 N–H and O–H groups in total. The van der Waals surface area contributed by atoms with Crippen molar-refractivity contribution in [2.75, 3.05) is 26.9 Å². The first-order chi connectivity index (χ1) is 8.15. The van der Waals surface area contributed by atoms with Crippen LogP contribution in [0.3, 0.4) is 0 Å². The molecule has 0 saturated carbocycles. The van der Waals surface area contributed by atoms with E-state index in [1.54, 1.807) is 7.11 Å². The second kappa shape index (κ2) is 5.16. The smallest absolute Gasteiger partial charge is 0.106 e. The summed E-state index contributed by atoms with van der Waals surface area (Å²) in [5.41, 5.74) is 2.17. The van der Waals surface area contributed by atoms with Gasteiger partial charge in [0.1, 0.15) is 5.60 Å². The maximum absolute atomic E-state index is 5.56. The lowest BCUT2D eigenvalue weighted by molar-refractivity contribution is -0.0159. The molecule has 1 aliphatic rings. The van der Waals surface area contributed by atoms with Crippen molar-refractivity contribution in [3.8, 4) is 0 Å². The second-order valence-corrected chi connectivity index (χ2v) is 4.71. The zero-order valence-corrected chi connectivity index (χ0v) is 10.8. The van der Waals surface area contributed by atoms with Gasteiger partial charge in [0.2, 0.25) is 0 Å². The zero-order chi connectivity index (χ0) is 12.3. The Labute approximate surface area is 102 Å². The molecule has 1 atom stereocenters. The highest BCUT2D eigenvalue weighted by molar-refractivity contribution is 5.14. The predicted octanol–water partition coefficient (Wildman–Crippen LogP) is 0.624. The van der Waals surface area contributed by atoms with Gasteiger partial charge in [-0.3, -0.25) is 4.68 Å². The number of aryl methyl sites for hydroxylation is 2. The first-order valence-electron chi connectivity index (χ1n) is 5.98. The molecular formula is C12H21N3O2. The van der Waals surface area contributed by atoms with Crippen LogP contribution in [0, 0.1) is 6.92 Å². The summed E-state index contributed by atoms with van der Waals surface area (Å²) < 4.78 is 12.8. The van der Waals surface area contributed by atoms with Crippen molar-refractivity contribution >= 4 is 0 Å². The van der Waals surface area contributed by atoms with Gasteiger partial charge in [-0.2, -0.15) is 5.10 Å². The standard InChI is InChI=1S/C12H21N3O2/c1-10-11(7-15(2)14-10)6-13-8-12(16-3)4-5-17-9-12/h7,13H,4-6,8-9H2,1-3H3. The number of rotatable bonds is 5. The van der Waals surface area contributed by atoms with E-state index in [1.165, 1.54) is 5.56 Å². The molecule has 1 aromatic rings. The monoisotopic (exact) mass is 239 g/mol. The summed E-state index contributed by atoms with van der Waals surface area (Å²) in [5.74, 6) is 0. The number of nitrogens with zero attached hydrogens (tertiary/aromatic N) is 2. The molecule has 0 spiro atoms. The number of methoxy groups -OCH3 is 1. The zero-order valence-electron chi connectivity index (χ0n) is 10.8. The van der Waals surface area contributed by atoms with Crippen molar-refractivity contribution in [2.24, 2.45) is 7.05 Å².